The van der Waals surface area contributed by atoms with Crippen LogP contribution in [0.25, 0.3) is 0 Å². The molecular weight excluding hydrogens is 370 g/mol. The number of oxazole rings is 1. The number of fused-ring (bicyclic) bond motifs is 2. The third kappa shape index (κ3) is 3.28. The molecule has 0 saturated heterocycles. The zero-order chi connectivity index (χ0) is 20.0. The Labute approximate surface area is 167 Å². The number of aromatic nitrogens is 4. The molecule has 0 N–H and O–H groups in total. The van der Waals surface area contributed by atoms with Crippen LogP contribution in [0, 0.1) is 5.92 Å². The number of nitrogens with zero attached hydrogens (tertiary/aromatic N) is 5. The van der Waals surface area contributed by atoms with E-state index in [1.165, 1.54) is 4.68 Å². The van der Waals surface area contributed by atoms with Crippen LogP contribution < -0.4 is 5.69 Å². The maximum Gasteiger partial charge on any atom is 0.345 e. The van der Waals surface area contributed by atoms with Crippen molar-refractivity contribution < 1.29 is 9.21 Å². The first kappa shape index (κ1) is 17.9. The Hall–Kier alpha value is -3.16. The molecule has 5 rings (SSSR count). The fourth-order valence-corrected chi connectivity index (χ4v) is 4.28. The van der Waals surface area contributed by atoms with Crippen molar-refractivity contribution in [2.24, 2.45) is 13.0 Å². The molecule has 2 aromatic heterocycles. The van der Waals surface area contributed by atoms with Crippen LogP contribution in [0.1, 0.15) is 35.2 Å². The Morgan fingerprint density at radius 2 is 2.07 bits per heavy atom. The van der Waals surface area contributed by atoms with E-state index in [1.54, 1.807) is 11.6 Å². The van der Waals surface area contributed by atoms with Gasteiger partial charge in [0.2, 0.25) is 5.91 Å². The summed E-state index contributed by atoms with van der Waals surface area (Å²) in [5, 5.41) is 4.24. The van der Waals surface area contributed by atoms with Gasteiger partial charge in [-0.15, -0.1) is 0 Å². The van der Waals surface area contributed by atoms with Crippen LogP contribution >= 0.6 is 0 Å². The highest BCUT2D eigenvalue weighted by Crippen LogP contribution is 2.25. The second-order valence-electron chi connectivity index (χ2n) is 7.82. The molecule has 0 radical (unpaired) electrons. The van der Waals surface area contributed by atoms with Crippen LogP contribution in [0.2, 0.25) is 0 Å². The molecule has 2 aliphatic rings. The van der Waals surface area contributed by atoms with E-state index in [2.05, 4.69) is 22.2 Å². The Morgan fingerprint density at radius 3 is 2.90 bits per heavy atom. The molecule has 0 bridgehead atoms. The average Bonchev–Trinajstić information content (AvgIpc) is 3.27. The Morgan fingerprint density at radius 1 is 1.24 bits per heavy atom. The van der Waals surface area contributed by atoms with E-state index in [9.17, 15) is 9.59 Å². The second-order valence-corrected chi connectivity index (χ2v) is 7.82. The summed E-state index contributed by atoms with van der Waals surface area (Å²) in [5.74, 6) is 2.24. The van der Waals surface area contributed by atoms with Crippen LogP contribution in [-0.2, 0) is 44.2 Å². The first-order valence-electron chi connectivity index (χ1n) is 10.0. The van der Waals surface area contributed by atoms with Crippen LogP contribution in [0.15, 0.2) is 39.5 Å². The van der Waals surface area contributed by atoms with Crippen molar-refractivity contribution in [3.8, 4) is 0 Å². The van der Waals surface area contributed by atoms with Gasteiger partial charge in [-0.05, 0) is 12.0 Å². The molecule has 3 aromatic rings. The number of amides is 1. The number of carbonyl (C=O) groups is 1. The quantitative estimate of drug-likeness (QED) is 0.670. The van der Waals surface area contributed by atoms with Crippen LogP contribution in [0.5, 0.6) is 0 Å². The SMILES string of the molecule is Cn1nc2n(c1=O)CC(C(=O)N1CCc3oc(Cc4ccccc4)nc3C1)CC2. The number of aryl methyl sites for hydroxylation is 2. The number of hydrogen-bond acceptors (Lipinski definition) is 5. The Kier molecular flexibility index (Phi) is 4.34. The van der Waals surface area contributed by atoms with E-state index in [-0.39, 0.29) is 17.5 Å². The summed E-state index contributed by atoms with van der Waals surface area (Å²) in [6.45, 7) is 1.50. The van der Waals surface area contributed by atoms with Crippen LogP contribution in [0.3, 0.4) is 0 Å². The maximum absolute atomic E-state index is 13.1. The lowest BCUT2D eigenvalue weighted by Gasteiger charge is -2.31. The van der Waals surface area contributed by atoms with Gasteiger partial charge >= 0.3 is 5.69 Å². The summed E-state index contributed by atoms with van der Waals surface area (Å²) in [5.41, 5.74) is 1.85. The molecule has 0 aliphatic carbocycles. The average molecular weight is 393 g/mol. The number of benzene rings is 1. The Balaban J connectivity index is 1.29. The number of carbonyl (C=O) groups excluding carboxylic acids is 1. The van der Waals surface area contributed by atoms with Gasteiger partial charge in [-0.3, -0.25) is 9.36 Å². The summed E-state index contributed by atoms with van der Waals surface area (Å²) in [4.78, 5) is 31.8. The molecule has 0 saturated carbocycles. The minimum Gasteiger partial charge on any atom is -0.445 e. The van der Waals surface area contributed by atoms with E-state index in [1.807, 2.05) is 23.1 Å². The maximum atomic E-state index is 13.1. The van der Waals surface area contributed by atoms with E-state index in [4.69, 9.17) is 4.42 Å². The zero-order valence-electron chi connectivity index (χ0n) is 16.4. The van der Waals surface area contributed by atoms with Crippen LogP contribution in [-0.4, -0.2) is 36.7 Å². The molecule has 29 heavy (non-hydrogen) atoms. The van der Waals surface area contributed by atoms with Gasteiger partial charge in [0, 0.05) is 39.4 Å². The lowest BCUT2D eigenvalue weighted by atomic mass is 9.97. The highest BCUT2D eigenvalue weighted by molar-refractivity contribution is 5.79. The molecule has 150 valence electrons. The van der Waals surface area contributed by atoms with E-state index in [0.29, 0.717) is 44.8 Å². The van der Waals surface area contributed by atoms with Gasteiger partial charge in [-0.2, -0.15) is 5.10 Å². The fraction of sp³-hybridized carbons (Fsp3) is 0.429. The highest BCUT2D eigenvalue weighted by Gasteiger charge is 2.33. The normalized spacial score (nSPS) is 18.4. The predicted molar refractivity (Wildman–Crippen MR) is 104 cm³/mol. The van der Waals surface area contributed by atoms with Gasteiger partial charge in [0.1, 0.15) is 17.3 Å². The molecule has 0 fully saturated rings. The molecule has 4 heterocycles. The summed E-state index contributed by atoms with van der Waals surface area (Å²) < 4.78 is 8.92. The van der Waals surface area contributed by atoms with Crippen molar-refractivity contribution in [3.63, 3.8) is 0 Å². The van der Waals surface area contributed by atoms with Crippen molar-refractivity contribution in [2.75, 3.05) is 6.54 Å². The minimum absolute atomic E-state index is 0.0877. The Bertz CT molecular complexity index is 1110. The topological polar surface area (TPSA) is 86.2 Å². The lowest BCUT2D eigenvalue weighted by molar-refractivity contribution is -0.137. The minimum atomic E-state index is -0.193. The molecule has 0 spiro atoms. The predicted octanol–water partition coefficient (Wildman–Crippen LogP) is 1.31. The molecule has 1 aromatic carbocycles. The summed E-state index contributed by atoms with van der Waals surface area (Å²) in [6.07, 6.45) is 2.69. The van der Waals surface area contributed by atoms with Gasteiger partial charge < -0.3 is 9.32 Å². The molecular formula is C21H23N5O3. The van der Waals surface area contributed by atoms with Crippen molar-refractivity contribution >= 4 is 5.91 Å². The second kappa shape index (κ2) is 7.02. The van der Waals surface area contributed by atoms with Gasteiger partial charge in [-0.1, -0.05) is 30.3 Å². The molecule has 1 unspecified atom stereocenters. The van der Waals surface area contributed by atoms with Crippen LogP contribution in [0.4, 0.5) is 0 Å². The summed E-state index contributed by atoms with van der Waals surface area (Å²) in [7, 11) is 1.65. The standard InChI is InChI=1S/C21H23N5O3/c1-24-21(28)26-12-15(7-8-18(26)23-24)20(27)25-10-9-17-16(13-25)22-19(29-17)11-14-5-3-2-4-6-14/h2-6,15H,7-13H2,1H3. The third-order valence-electron chi connectivity index (χ3n) is 5.84. The zero-order valence-corrected chi connectivity index (χ0v) is 16.4. The first-order chi connectivity index (χ1) is 14.1. The third-order valence-corrected chi connectivity index (χ3v) is 5.84. The molecule has 1 amide bonds. The first-order valence-corrected chi connectivity index (χ1v) is 10.0. The van der Waals surface area contributed by atoms with Crippen molar-refractivity contribution in [2.45, 2.75) is 38.8 Å². The van der Waals surface area contributed by atoms with E-state index < -0.39 is 0 Å². The molecule has 8 heteroatoms. The lowest BCUT2D eigenvalue weighted by Crippen LogP contribution is -2.43. The van der Waals surface area contributed by atoms with Crippen molar-refractivity contribution in [1.82, 2.24) is 24.2 Å². The van der Waals surface area contributed by atoms with Gasteiger partial charge in [0.05, 0.1) is 12.5 Å². The summed E-state index contributed by atoms with van der Waals surface area (Å²) in [6, 6.07) is 10.1. The largest absolute Gasteiger partial charge is 0.445 e. The summed E-state index contributed by atoms with van der Waals surface area (Å²) >= 11 is 0. The highest BCUT2D eigenvalue weighted by atomic mass is 16.4. The molecule has 1 atom stereocenters. The monoisotopic (exact) mass is 393 g/mol. The van der Waals surface area contributed by atoms with Gasteiger partial charge in [0.15, 0.2) is 5.89 Å². The molecule has 2 aliphatic heterocycles. The smallest absolute Gasteiger partial charge is 0.345 e. The van der Waals surface area contributed by atoms with Gasteiger partial charge in [-0.25, -0.2) is 14.5 Å². The van der Waals surface area contributed by atoms with E-state index >= 15 is 0 Å². The number of rotatable bonds is 3. The number of hydrogen-bond donors (Lipinski definition) is 0. The molecule has 8 nitrogen and oxygen atoms in total. The fourth-order valence-electron chi connectivity index (χ4n) is 4.28. The van der Waals surface area contributed by atoms with E-state index in [0.717, 1.165) is 29.3 Å². The van der Waals surface area contributed by atoms with Gasteiger partial charge in [0.25, 0.3) is 0 Å². The van der Waals surface area contributed by atoms with Crippen molar-refractivity contribution in [3.05, 3.63) is 69.5 Å². The van der Waals surface area contributed by atoms with Crippen molar-refractivity contribution in [1.29, 1.82) is 0 Å².